The molecule has 1 amide bonds. The lowest BCUT2D eigenvalue weighted by atomic mass is 9.72. The van der Waals surface area contributed by atoms with E-state index >= 15 is 0 Å². The highest BCUT2D eigenvalue weighted by Crippen LogP contribution is 2.45. The van der Waals surface area contributed by atoms with Gasteiger partial charge in [0.25, 0.3) is 5.91 Å². The zero-order valence-electron chi connectivity index (χ0n) is 25.1. The van der Waals surface area contributed by atoms with Gasteiger partial charge in [-0.05, 0) is 68.1 Å². The summed E-state index contributed by atoms with van der Waals surface area (Å²) in [5, 5.41) is 12.7. The molecule has 42 heavy (non-hydrogen) atoms. The Balaban J connectivity index is 1.21. The van der Waals surface area contributed by atoms with Crippen LogP contribution in [0.2, 0.25) is 5.15 Å². The lowest BCUT2D eigenvalue weighted by Gasteiger charge is -2.33. The minimum atomic E-state index is -0.224. The minimum absolute atomic E-state index is 0.224. The van der Waals surface area contributed by atoms with Gasteiger partial charge >= 0.3 is 0 Å². The van der Waals surface area contributed by atoms with Gasteiger partial charge in [0.15, 0.2) is 0 Å². The molecule has 3 heterocycles. The van der Waals surface area contributed by atoms with Gasteiger partial charge in [0.1, 0.15) is 21.6 Å². The van der Waals surface area contributed by atoms with E-state index in [1.807, 2.05) is 48.6 Å². The Morgan fingerprint density at radius 3 is 2.57 bits per heavy atom. The van der Waals surface area contributed by atoms with Crippen molar-refractivity contribution in [3.63, 3.8) is 0 Å². The number of nitrogens with zero attached hydrogens (tertiary/aromatic N) is 4. The van der Waals surface area contributed by atoms with Crippen LogP contribution in [0.3, 0.4) is 0 Å². The fraction of sp³-hybridized carbons (Fsp3) is 0.515. The molecule has 0 unspecified atom stereocenters. The van der Waals surface area contributed by atoms with E-state index < -0.39 is 0 Å². The minimum Gasteiger partial charge on any atom is -0.368 e. The molecular weight excluding hydrogens is 564 g/mol. The first-order chi connectivity index (χ1) is 20.2. The van der Waals surface area contributed by atoms with Crippen molar-refractivity contribution in [2.24, 2.45) is 11.3 Å². The van der Waals surface area contributed by atoms with Crippen LogP contribution < -0.4 is 10.6 Å². The smallest absolute Gasteiger partial charge is 0.256 e. The monoisotopic (exact) mass is 604 g/mol. The second-order valence-electron chi connectivity index (χ2n) is 12.9. The third kappa shape index (κ3) is 5.80. The zero-order chi connectivity index (χ0) is 29.4. The number of rotatable bonds is 7. The normalized spacial score (nSPS) is 17.8. The summed E-state index contributed by atoms with van der Waals surface area (Å²) in [6, 6.07) is 9.62. The van der Waals surface area contributed by atoms with Crippen LogP contribution in [0.1, 0.15) is 97.5 Å². The van der Waals surface area contributed by atoms with Gasteiger partial charge in [-0.1, -0.05) is 69.8 Å². The number of para-hydroxylation sites is 1. The van der Waals surface area contributed by atoms with Crippen molar-refractivity contribution in [1.29, 1.82) is 0 Å². The van der Waals surface area contributed by atoms with Gasteiger partial charge in [-0.15, -0.1) is 11.3 Å². The summed E-state index contributed by atoms with van der Waals surface area (Å²) >= 11 is 8.50. The average molecular weight is 605 g/mol. The predicted molar refractivity (Wildman–Crippen MR) is 172 cm³/mol. The molecule has 7 nitrogen and oxygen atoms in total. The van der Waals surface area contributed by atoms with Crippen LogP contribution in [-0.4, -0.2) is 38.7 Å². The second-order valence-corrected chi connectivity index (χ2v) is 14.4. The van der Waals surface area contributed by atoms with Gasteiger partial charge in [-0.3, -0.25) is 4.79 Å². The molecule has 9 heteroatoms. The van der Waals surface area contributed by atoms with Crippen LogP contribution in [0, 0.1) is 18.3 Å². The topological polar surface area (TPSA) is 84.7 Å². The Morgan fingerprint density at radius 1 is 1.07 bits per heavy atom. The lowest BCUT2D eigenvalue weighted by molar-refractivity contribution is 0.0954. The Hall–Kier alpha value is -2.97. The quantitative estimate of drug-likeness (QED) is 0.210. The van der Waals surface area contributed by atoms with E-state index in [1.165, 1.54) is 41.5 Å². The maximum absolute atomic E-state index is 13.2. The van der Waals surface area contributed by atoms with Gasteiger partial charge in [0.2, 0.25) is 0 Å². The lowest BCUT2D eigenvalue weighted by Crippen LogP contribution is -2.29. The van der Waals surface area contributed by atoms with Gasteiger partial charge in [0.05, 0.1) is 22.3 Å². The number of carbonyl (C=O) groups is 1. The molecule has 0 saturated heterocycles. The number of amides is 1. The van der Waals surface area contributed by atoms with Crippen molar-refractivity contribution in [1.82, 2.24) is 25.1 Å². The summed E-state index contributed by atoms with van der Waals surface area (Å²) < 4.78 is 1.61. The summed E-state index contributed by atoms with van der Waals surface area (Å²) in [6.07, 6.45) is 9.50. The largest absolute Gasteiger partial charge is 0.368 e. The number of hydrogen-bond donors (Lipinski definition) is 2. The van der Waals surface area contributed by atoms with Crippen LogP contribution in [0.15, 0.2) is 30.3 Å². The SMILES string of the molecule is Cc1nn(-c2ccccc2)c(Cl)c1C(=O)NCCNc1nc(C2CCCCC2)nc2sc3c(c12)CC[C@@H](C(C)(C)C)C3. The summed E-state index contributed by atoms with van der Waals surface area (Å²) in [5.74, 6) is 2.79. The number of thiophene rings is 1. The molecule has 6 rings (SSSR count). The van der Waals surface area contributed by atoms with Crippen molar-refractivity contribution in [2.45, 2.75) is 85.0 Å². The summed E-state index contributed by atoms with van der Waals surface area (Å²) in [6.45, 7) is 9.89. The first-order valence-corrected chi connectivity index (χ1v) is 16.5. The molecule has 0 radical (unpaired) electrons. The maximum atomic E-state index is 13.2. The molecule has 0 aliphatic heterocycles. The number of fused-ring (bicyclic) bond motifs is 3. The number of hydrogen-bond acceptors (Lipinski definition) is 6. The highest BCUT2D eigenvalue weighted by atomic mass is 35.5. The summed E-state index contributed by atoms with van der Waals surface area (Å²) in [5.41, 5.74) is 3.55. The highest BCUT2D eigenvalue weighted by Gasteiger charge is 2.32. The molecular formula is C33H41ClN6OS. The Labute approximate surface area is 257 Å². The molecule has 0 spiro atoms. The molecule has 0 bridgehead atoms. The standard InChI is InChI=1S/C33H41ClN6OS/c1-20-26(28(34)40(39-20)23-13-9-6-10-14-23)31(41)36-18-17-35-30-27-24-16-15-22(33(2,3)4)19-25(24)42-32(27)38-29(37-30)21-11-7-5-8-12-21/h6,9-10,13-14,21-22H,5,7-8,11-12,15-19H2,1-4H3,(H,36,41)(H,35,37,38)/t22-/m1/s1. The van der Waals surface area contributed by atoms with Crippen LogP contribution in [-0.2, 0) is 12.8 Å². The average Bonchev–Trinajstić information content (AvgIpc) is 3.51. The molecule has 3 aromatic heterocycles. The zero-order valence-corrected chi connectivity index (χ0v) is 26.7. The van der Waals surface area contributed by atoms with Crippen molar-refractivity contribution < 1.29 is 4.79 Å². The van der Waals surface area contributed by atoms with Crippen molar-refractivity contribution in [3.05, 3.63) is 63.0 Å². The number of halogens is 1. The van der Waals surface area contributed by atoms with Gasteiger partial charge < -0.3 is 10.6 Å². The van der Waals surface area contributed by atoms with E-state index in [0.29, 0.717) is 46.8 Å². The third-order valence-corrected chi connectivity index (χ3v) is 10.6. The molecule has 1 atom stereocenters. The molecule has 1 saturated carbocycles. The first kappa shape index (κ1) is 29.1. The van der Waals surface area contributed by atoms with Crippen LogP contribution in [0.25, 0.3) is 15.9 Å². The molecule has 2 aliphatic carbocycles. The van der Waals surface area contributed by atoms with E-state index in [2.05, 4.69) is 36.5 Å². The number of carbonyl (C=O) groups excluding carboxylic acids is 1. The van der Waals surface area contributed by atoms with Crippen LogP contribution in [0.5, 0.6) is 0 Å². The third-order valence-electron chi connectivity index (χ3n) is 9.06. The fourth-order valence-corrected chi connectivity index (χ4v) is 8.21. The van der Waals surface area contributed by atoms with Gasteiger partial charge in [-0.2, -0.15) is 5.10 Å². The molecule has 1 fully saturated rings. The van der Waals surface area contributed by atoms with E-state index in [0.717, 1.165) is 47.8 Å². The van der Waals surface area contributed by atoms with Gasteiger partial charge in [-0.25, -0.2) is 14.6 Å². The molecule has 1 aromatic carbocycles. The number of aromatic nitrogens is 4. The van der Waals surface area contributed by atoms with Crippen molar-refractivity contribution >= 4 is 44.9 Å². The second kappa shape index (κ2) is 12.0. The Bertz CT molecular complexity index is 1580. The molecule has 2 N–H and O–H groups in total. The summed E-state index contributed by atoms with van der Waals surface area (Å²) in [4.78, 5) is 26.1. The van der Waals surface area contributed by atoms with E-state index in [4.69, 9.17) is 21.6 Å². The van der Waals surface area contributed by atoms with Crippen molar-refractivity contribution in [2.75, 3.05) is 18.4 Å². The predicted octanol–water partition coefficient (Wildman–Crippen LogP) is 7.88. The fourth-order valence-electron chi connectivity index (χ4n) is 6.55. The van der Waals surface area contributed by atoms with Crippen LogP contribution in [0.4, 0.5) is 5.82 Å². The number of aryl methyl sites for hydroxylation is 2. The van der Waals surface area contributed by atoms with E-state index in [9.17, 15) is 4.79 Å². The van der Waals surface area contributed by atoms with Crippen molar-refractivity contribution in [3.8, 4) is 5.69 Å². The Morgan fingerprint density at radius 2 is 1.83 bits per heavy atom. The summed E-state index contributed by atoms with van der Waals surface area (Å²) in [7, 11) is 0. The highest BCUT2D eigenvalue weighted by molar-refractivity contribution is 7.19. The number of nitrogens with one attached hydrogen (secondary N) is 2. The van der Waals surface area contributed by atoms with Crippen LogP contribution >= 0.6 is 22.9 Å². The maximum Gasteiger partial charge on any atom is 0.256 e. The van der Waals surface area contributed by atoms with E-state index in [-0.39, 0.29) is 5.91 Å². The molecule has 222 valence electrons. The number of benzene rings is 1. The van der Waals surface area contributed by atoms with E-state index in [1.54, 1.807) is 4.68 Å². The Kier molecular flexibility index (Phi) is 8.29. The van der Waals surface area contributed by atoms with Gasteiger partial charge in [0, 0.05) is 23.9 Å². The molecule has 2 aliphatic rings. The number of anilines is 1. The molecule has 4 aromatic rings. The first-order valence-electron chi connectivity index (χ1n) is 15.4.